The summed E-state index contributed by atoms with van der Waals surface area (Å²) in [5, 5.41) is 4.98. The fraction of sp³-hybridized carbons (Fsp3) is 0.0952. The van der Waals surface area contributed by atoms with E-state index in [1.165, 1.54) is 23.6 Å². The number of rotatable bonds is 4. The molecule has 3 nitrogen and oxygen atoms in total. The molecule has 0 unspecified atom stereocenters. The number of thiophene rings is 1. The van der Waals surface area contributed by atoms with Gasteiger partial charge in [0, 0.05) is 18.1 Å². The fourth-order valence-electron chi connectivity index (χ4n) is 3.11. The molecule has 0 spiro atoms. The van der Waals surface area contributed by atoms with Crippen molar-refractivity contribution < 1.29 is 22.4 Å². The molecule has 0 aliphatic carbocycles. The summed E-state index contributed by atoms with van der Waals surface area (Å²) in [6.07, 6.45) is -2.68. The van der Waals surface area contributed by atoms with Gasteiger partial charge in [-0.2, -0.15) is 13.2 Å². The maximum atomic E-state index is 13.7. The molecule has 0 saturated heterocycles. The summed E-state index contributed by atoms with van der Waals surface area (Å²) in [4.78, 5) is 12.4. The van der Waals surface area contributed by atoms with Crippen LogP contribution in [-0.2, 0) is 12.7 Å². The molecule has 0 aliphatic heterocycles. The highest BCUT2D eigenvalue weighted by atomic mass is 32.1. The number of carbonyl (C=O) groups excluding carboxylic acids is 1. The maximum Gasteiger partial charge on any atom is 0.416 e. The van der Waals surface area contributed by atoms with Gasteiger partial charge in [0.25, 0.3) is 5.91 Å². The zero-order chi connectivity index (χ0) is 20.6. The predicted molar refractivity (Wildman–Crippen MR) is 105 cm³/mol. The van der Waals surface area contributed by atoms with Gasteiger partial charge in [0.1, 0.15) is 10.7 Å². The molecule has 4 aromatic rings. The number of amides is 1. The molecule has 8 heteroatoms. The first-order valence-corrected chi connectivity index (χ1v) is 9.49. The minimum absolute atomic E-state index is 0.00966. The van der Waals surface area contributed by atoms with E-state index in [-0.39, 0.29) is 4.88 Å². The van der Waals surface area contributed by atoms with E-state index in [0.29, 0.717) is 17.8 Å². The van der Waals surface area contributed by atoms with Crippen LogP contribution in [0.15, 0.2) is 66.2 Å². The zero-order valence-electron chi connectivity index (χ0n) is 14.8. The second-order valence-corrected chi connectivity index (χ2v) is 7.35. The minimum atomic E-state index is -4.38. The second kappa shape index (κ2) is 7.36. The molecule has 2 aromatic heterocycles. The number of hydrogen-bond acceptors (Lipinski definition) is 2. The number of fused-ring (bicyclic) bond motifs is 1. The lowest BCUT2D eigenvalue weighted by Crippen LogP contribution is -2.11. The van der Waals surface area contributed by atoms with E-state index in [4.69, 9.17) is 0 Å². The van der Waals surface area contributed by atoms with Gasteiger partial charge < -0.3 is 9.88 Å². The number of para-hydroxylation sites is 1. The Morgan fingerprint density at radius 3 is 2.41 bits per heavy atom. The molecule has 2 aromatic carbocycles. The largest absolute Gasteiger partial charge is 0.416 e. The number of nitrogens with one attached hydrogen (secondary N) is 1. The number of carbonyl (C=O) groups is 1. The molecule has 0 bridgehead atoms. The monoisotopic (exact) mass is 418 g/mol. The van der Waals surface area contributed by atoms with Crippen molar-refractivity contribution in [2.75, 3.05) is 5.32 Å². The van der Waals surface area contributed by atoms with Crippen LogP contribution >= 0.6 is 11.3 Å². The van der Waals surface area contributed by atoms with Crippen LogP contribution in [0.4, 0.5) is 23.2 Å². The lowest BCUT2D eigenvalue weighted by molar-refractivity contribution is -0.137. The zero-order valence-corrected chi connectivity index (χ0v) is 15.7. The van der Waals surface area contributed by atoms with Gasteiger partial charge in [0.2, 0.25) is 0 Å². The number of nitrogens with zero attached hydrogens (tertiary/aromatic N) is 1. The molecular weight excluding hydrogens is 404 g/mol. The Kier molecular flexibility index (Phi) is 4.87. The highest BCUT2D eigenvalue weighted by Crippen LogP contribution is 2.30. The van der Waals surface area contributed by atoms with E-state index >= 15 is 0 Å². The van der Waals surface area contributed by atoms with Crippen molar-refractivity contribution in [3.05, 3.63) is 88.0 Å². The van der Waals surface area contributed by atoms with Crippen molar-refractivity contribution in [2.45, 2.75) is 12.7 Å². The Labute approximate surface area is 167 Å². The predicted octanol–water partition coefficient (Wildman–Crippen LogP) is 6.16. The molecule has 2 heterocycles. The fourth-order valence-corrected chi connectivity index (χ4v) is 3.77. The van der Waals surface area contributed by atoms with Crippen LogP contribution in [0.2, 0.25) is 0 Å². The third-order valence-electron chi connectivity index (χ3n) is 4.49. The Hall–Kier alpha value is -3.13. The summed E-state index contributed by atoms with van der Waals surface area (Å²) in [5.74, 6) is -1.13. The number of alkyl halides is 3. The summed E-state index contributed by atoms with van der Waals surface area (Å²) >= 11 is 1.01. The van der Waals surface area contributed by atoms with Gasteiger partial charge in [-0.05, 0) is 35.2 Å². The average molecular weight is 418 g/mol. The lowest BCUT2D eigenvalue weighted by atomic mass is 10.1. The first-order valence-electron chi connectivity index (χ1n) is 8.61. The number of halogens is 4. The normalized spacial score (nSPS) is 11.7. The second-order valence-electron chi connectivity index (χ2n) is 6.43. The molecular formula is C21H14F4N2OS. The van der Waals surface area contributed by atoms with Crippen molar-refractivity contribution in [1.82, 2.24) is 4.57 Å². The third kappa shape index (κ3) is 3.88. The van der Waals surface area contributed by atoms with Crippen LogP contribution in [0.25, 0.3) is 10.9 Å². The number of benzene rings is 2. The smallest absolute Gasteiger partial charge is 0.341 e. The van der Waals surface area contributed by atoms with Crippen LogP contribution in [-0.4, -0.2) is 10.5 Å². The number of anilines is 1. The van der Waals surface area contributed by atoms with E-state index in [0.717, 1.165) is 34.4 Å². The van der Waals surface area contributed by atoms with Crippen LogP contribution in [0.5, 0.6) is 0 Å². The summed E-state index contributed by atoms with van der Waals surface area (Å²) < 4.78 is 53.8. The molecule has 1 N–H and O–H groups in total. The van der Waals surface area contributed by atoms with Crippen LogP contribution in [0, 0.1) is 5.82 Å². The van der Waals surface area contributed by atoms with Crippen LogP contribution < -0.4 is 5.32 Å². The first-order chi connectivity index (χ1) is 13.8. The Morgan fingerprint density at radius 2 is 1.76 bits per heavy atom. The Morgan fingerprint density at radius 1 is 1.03 bits per heavy atom. The third-order valence-corrected chi connectivity index (χ3v) is 5.38. The van der Waals surface area contributed by atoms with Gasteiger partial charge in [0.05, 0.1) is 16.8 Å². The van der Waals surface area contributed by atoms with Gasteiger partial charge >= 0.3 is 6.18 Å². The first kappa shape index (κ1) is 19.2. The van der Waals surface area contributed by atoms with Crippen molar-refractivity contribution in [1.29, 1.82) is 0 Å². The lowest BCUT2D eigenvalue weighted by Gasteiger charge is -2.09. The molecule has 0 fully saturated rings. The van der Waals surface area contributed by atoms with Crippen LogP contribution in [0.1, 0.15) is 20.8 Å². The van der Waals surface area contributed by atoms with E-state index in [1.807, 2.05) is 28.8 Å². The van der Waals surface area contributed by atoms with Gasteiger partial charge in [0.15, 0.2) is 0 Å². The van der Waals surface area contributed by atoms with E-state index in [1.54, 1.807) is 6.20 Å². The van der Waals surface area contributed by atoms with Crippen molar-refractivity contribution in [3.8, 4) is 0 Å². The molecule has 0 aliphatic rings. The Balaban J connectivity index is 1.64. The summed E-state index contributed by atoms with van der Waals surface area (Å²) in [5.41, 5.74) is 1.28. The van der Waals surface area contributed by atoms with Gasteiger partial charge in [-0.1, -0.05) is 30.3 Å². The summed E-state index contributed by atoms with van der Waals surface area (Å²) in [6.45, 7) is 0.321. The quantitative estimate of drug-likeness (QED) is 0.396. The summed E-state index contributed by atoms with van der Waals surface area (Å²) in [6, 6.07) is 13.5. The number of hydrogen-bond donors (Lipinski definition) is 1. The van der Waals surface area contributed by atoms with Gasteiger partial charge in [-0.25, -0.2) is 4.39 Å². The standard InChI is InChI=1S/C21H14F4N2OS/c22-16-9-10-29-19(16)20(28)26-17-12-27(18-4-2-1-3-15(17)18)11-13-5-7-14(8-6-13)21(23,24)25/h1-10,12H,11H2,(H,26,28). The molecule has 29 heavy (non-hydrogen) atoms. The highest BCUT2D eigenvalue weighted by molar-refractivity contribution is 7.12. The minimum Gasteiger partial charge on any atom is -0.341 e. The summed E-state index contributed by atoms with van der Waals surface area (Å²) in [7, 11) is 0. The maximum absolute atomic E-state index is 13.7. The molecule has 0 radical (unpaired) electrons. The topological polar surface area (TPSA) is 34.0 Å². The van der Waals surface area contributed by atoms with Crippen molar-refractivity contribution in [2.24, 2.45) is 0 Å². The molecule has 4 rings (SSSR count). The van der Waals surface area contributed by atoms with Crippen molar-refractivity contribution >= 4 is 33.8 Å². The highest BCUT2D eigenvalue weighted by Gasteiger charge is 2.29. The molecule has 0 saturated carbocycles. The van der Waals surface area contributed by atoms with Crippen LogP contribution in [0.3, 0.4) is 0 Å². The SMILES string of the molecule is O=C(Nc1cn(Cc2ccc(C(F)(F)F)cc2)c2ccccc12)c1sccc1F. The van der Waals surface area contributed by atoms with E-state index in [9.17, 15) is 22.4 Å². The Bertz CT molecular complexity index is 1180. The van der Waals surface area contributed by atoms with Gasteiger partial charge in [-0.15, -0.1) is 11.3 Å². The van der Waals surface area contributed by atoms with E-state index < -0.39 is 23.5 Å². The number of aromatic nitrogens is 1. The molecule has 148 valence electrons. The average Bonchev–Trinajstić information content (AvgIpc) is 3.26. The molecule has 0 atom stereocenters. The van der Waals surface area contributed by atoms with E-state index in [2.05, 4.69) is 5.32 Å². The van der Waals surface area contributed by atoms with Gasteiger partial charge in [-0.3, -0.25) is 4.79 Å². The van der Waals surface area contributed by atoms with Crippen molar-refractivity contribution in [3.63, 3.8) is 0 Å². The molecule has 1 amide bonds.